The van der Waals surface area contributed by atoms with E-state index >= 15 is 0 Å². The topological polar surface area (TPSA) is 38.3 Å². The summed E-state index contributed by atoms with van der Waals surface area (Å²) in [5.74, 6) is 0.145. The first kappa shape index (κ1) is 24.4. The van der Waals surface area contributed by atoms with Crippen molar-refractivity contribution in [2.45, 2.75) is 90.1 Å². The highest BCUT2D eigenvalue weighted by Crippen LogP contribution is 2.10. The molecule has 1 saturated heterocycles. The molecule has 1 aliphatic rings. The van der Waals surface area contributed by atoms with Gasteiger partial charge in [0.25, 0.3) is 0 Å². The number of nitrogens with one attached hydrogen (secondary N) is 1. The Kier molecular flexibility index (Phi) is 16.3. The van der Waals surface area contributed by atoms with Crippen LogP contribution in [-0.2, 0) is 9.53 Å². The number of unbranched alkanes of at least 4 members (excludes halogenated alkanes) is 4. The van der Waals surface area contributed by atoms with Crippen LogP contribution in [-0.4, -0.2) is 25.2 Å². The number of amides is 1. The fourth-order valence-corrected chi connectivity index (χ4v) is 3.06. The van der Waals surface area contributed by atoms with Crippen LogP contribution >= 0.6 is 0 Å². The summed E-state index contributed by atoms with van der Waals surface area (Å²) < 4.78 is 5.50. The number of hydrogen-bond donors (Lipinski definition) is 1. The fraction of sp³-hybridized carbons (Fsp3) is 0.640. The van der Waals surface area contributed by atoms with E-state index in [1.54, 1.807) is 0 Å². The van der Waals surface area contributed by atoms with Crippen LogP contribution in [0, 0.1) is 0 Å². The van der Waals surface area contributed by atoms with E-state index in [0.717, 1.165) is 51.6 Å². The summed E-state index contributed by atoms with van der Waals surface area (Å²) in [7, 11) is 0. The normalized spacial score (nSPS) is 17.7. The van der Waals surface area contributed by atoms with Crippen molar-refractivity contribution < 1.29 is 9.53 Å². The van der Waals surface area contributed by atoms with Gasteiger partial charge in [-0.1, -0.05) is 68.4 Å². The molecular formula is C25H41NO2. The number of carbonyl (C=O) groups is 1. The van der Waals surface area contributed by atoms with E-state index < -0.39 is 0 Å². The number of carbonyl (C=O) groups excluding carboxylic acids is 1. The van der Waals surface area contributed by atoms with E-state index in [0.29, 0.717) is 13.0 Å². The molecule has 0 aromatic rings. The summed E-state index contributed by atoms with van der Waals surface area (Å²) >= 11 is 0. The van der Waals surface area contributed by atoms with Gasteiger partial charge in [0.15, 0.2) is 0 Å². The Balaban J connectivity index is 1.88. The first-order valence-corrected chi connectivity index (χ1v) is 11.3. The fourth-order valence-electron chi connectivity index (χ4n) is 3.06. The van der Waals surface area contributed by atoms with Crippen molar-refractivity contribution in [1.29, 1.82) is 0 Å². The van der Waals surface area contributed by atoms with Crippen molar-refractivity contribution in [3.8, 4) is 0 Å². The molecule has 158 valence electrons. The molecule has 0 aromatic heterocycles. The molecule has 1 rings (SSSR count). The first-order valence-electron chi connectivity index (χ1n) is 11.3. The van der Waals surface area contributed by atoms with Crippen molar-refractivity contribution in [2.75, 3.05) is 13.2 Å². The highest BCUT2D eigenvalue weighted by Gasteiger charge is 2.15. The van der Waals surface area contributed by atoms with Gasteiger partial charge in [-0.2, -0.15) is 0 Å². The van der Waals surface area contributed by atoms with E-state index in [1.165, 1.54) is 25.7 Å². The van der Waals surface area contributed by atoms with Gasteiger partial charge < -0.3 is 10.1 Å². The summed E-state index contributed by atoms with van der Waals surface area (Å²) in [5.41, 5.74) is 0. The maximum Gasteiger partial charge on any atom is 0.220 e. The third-order valence-corrected chi connectivity index (χ3v) is 4.78. The average Bonchev–Trinajstić information content (AvgIpc) is 3.22. The van der Waals surface area contributed by atoms with Crippen LogP contribution in [0.15, 0.2) is 48.6 Å². The first-order chi connectivity index (χ1) is 13.8. The molecular weight excluding hydrogens is 346 g/mol. The summed E-state index contributed by atoms with van der Waals surface area (Å²) in [6, 6.07) is 0. The lowest BCUT2D eigenvalue weighted by Crippen LogP contribution is -2.31. The molecule has 3 heteroatoms. The van der Waals surface area contributed by atoms with Crippen molar-refractivity contribution in [3.05, 3.63) is 48.6 Å². The minimum absolute atomic E-state index is 0.145. The summed E-state index contributed by atoms with van der Waals surface area (Å²) in [5, 5.41) is 2.97. The van der Waals surface area contributed by atoms with Crippen molar-refractivity contribution in [1.82, 2.24) is 5.32 Å². The van der Waals surface area contributed by atoms with Gasteiger partial charge in [-0.25, -0.2) is 0 Å². The van der Waals surface area contributed by atoms with Crippen LogP contribution in [0.2, 0.25) is 0 Å². The van der Waals surface area contributed by atoms with Gasteiger partial charge in [0.2, 0.25) is 5.91 Å². The minimum Gasteiger partial charge on any atom is -0.376 e. The van der Waals surface area contributed by atoms with Crippen molar-refractivity contribution >= 4 is 5.91 Å². The predicted octanol–water partition coefficient (Wildman–Crippen LogP) is 6.43. The van der Waals surface area contributed by atoms with Gasteiger partial charge in [0, 0.05) is 19.6 Å². The zero-order chi connectivity index (χ0) is 20.1. The Morgan fingerprint density at radius 1 is 0.893 bits per heavy atom. The zero-order valence-electron chi connectivity index (χ0n) is 17.9. The van der Waals surface area contributed by atoms with Crippen LogP contribution in [0.25, 0.3) is 0 Å². The largest absolute Gasteiger partial charge is 0.376 e. The average molecular weight is 388 g/mol. The lowest BCUT2D eigenvalue weighted by atomic mass is 10.2. The molecule has 0 bridgehead atoms. The Morgan fingerprint density at radius 3 is 2.07 bits per heavy atom. The third-order valence-electron chi connectivity index (χ3n) is 4.78. The van der Waals surface area contributed by atoms with Crippen LogP contribution in [0.3, 0.4) is 0 Å². The molecule has 0 radical (unpaired) electrons. The van der Waals surface area contributed by atoms with Gasteiger partial charge in [-0.3, -0.25) is 4.79 Å². The molecule has 1 fully saturated rings. The van der Waals surface area contributed by atoms with Crippen LogP contribution in [0.1, 0.15) is 84.0 Å². The highest BCUT2D eigenvalue weighted by atomic mass is 16.5. The summed E-state index contributed by atoms with van der Waals surface area (Å²) in [6.07, 6.45) is 30.9. The Labute approximate surface area is 173 Å². The molecule has 3 nitrogen and oxygen atoms in total. The smallest absolute Gasteiger partial charge is 0.220 e. The monoisotopic (exact) mass is 387 g/mol. The third kappa shape index (κ3) is 15.4. The van der Waals surface area contributed by atoms with Crippen LogP contribution in [0.4, 0.5) is 0 Å². The molecule has 0 spiro atoms. The molecule has 1 atom stereocenters. The predicted molar refractivity (Wildman–Crippen MR) is 120 cm³/mol. The number of hydrogen-bond acceptors (Lipinski definition) is 2. The highest BCUT2D eigenvalue weighted by molar-refractivity contribution is 5.75. The maximum atomic E-state index is 11.7. The summed E-state index contributed by atoms with van der Waals surface area (Å²) in [6.45, 7) is 3.75. The quantitative estimate of drug-likeness (QED) is 0.245. The number of ether oxygens (including phenoxy) is 1. The Bertz CT molecular complexity index is 485. The van der Waals surface area contributed by atoms with E-state index in [1.807, 2.05) is 0 Å². The maximum absolute atomic E-state index is 11.7. The van der Waals surface area contributed by atoms with Crippen LogP contribution < -0.4 is 5.32 Å². The van der Waals surface area contributed by atoms with Crippen molar-refractivity contribution in [3.63, 3.8) is 0 Å². The second-order valence-electron chi connectivity index (χ2n) is 7.42. The van der Waals surface area contributed by atoms with Gasteiger partial charge in [0.1, 0.15) is 0 Å². The van der Waals surface area contributed by atoms with Gasteiger partial charge in [0.05, 0.1) is 6.10 Å². The van der Waals surface area contributed by atoms with Crippen LogP contribution in [0.5, 0.6) is 0 Å². The molecule has 1 amide bonds. The molecule has 0 aromatic carbocycles. The van der Waals surface area contributed by atoms with E-state index in [4.69, 9.17) is 4.74 Å². The van der Waals surface area contributed by atoms with E-state index in [9.17, 15) is 4.79 Å². The number of allylic oxidation sites excluding steroid dienone is 8. The Hall–Kier alpha value is -1.61. The number of rotatable bonds is 16. The lowest BCUT2D eigenvalue weighted by molar-refractivity contribution is -0.121. The molecule has 0 aliphatic carbocycles. The molecule has 1 N–H and O–H groups in total. The second kappa shape index (κ2) is 18.7. The molecule has 28 heavy (non-hydrogen) atoms. The Morgan fingerprint density at radius 2 is 1.50 bits per heavy atom. The SMILES string of the molecule is CCCCC/C=C\C/C=C\C/C=C\C/C=C\CCCC(=O)NC[C@@H]1CCCO1. The van der Waals surface area contributed by atoms with Gasteiger partial charge in [-0.05, 0) is 57.8 Å². The van der Waals surface area contributed by atoms with E-state index in [2.05, 4.69) is 60.8 Å². The summed E-state index contributed by atoms with van der Waals surface area (Å²) in [4.78, 5) is 11.7. The van der Waals surface area contributed by atoms with Crippen molar-refractivity contribution in [2.24, 2.45) is 0 Å². The molecule has 0 saturated carbocycles. The minimum atomic E-state index is 0.145. The molecule has 0 unspecified atom stereocenters. The second-order valence-corrected chi connectivity index (χ2v) is 7.42. The standard InChI is InChI=1S/C25H41NO2/c1-2-3-4-5-6-7-8-9-10-11-12-13-14-15-16-17-18-21-25(27)26-23-24-20-19-22-28-24/h6-7,9-10,12-13,15-16,24H,2-5,8,11,14,17-23H2,1H3,(H,26,27)/b7-6-,10-9-,13-12-,16-15-/t24-/m0/s1. The zero-order valence-corrected chi connectivity index (χ0v) is 17.9. The lowest BCUT2D eigenvalue weighted by Gasteiger charge is -2.10. The van der Waals surface area contributed by atoms with Gasteiger partial charge >= 0.3 is 0 Å². The van der Waals surface area contributed by atoms with Gasteiger partial charge in [-0.15, -0.1) is 0 Å². The molecule has 1 heterocycles. The van der Waals surface area contributed by atoms with E-state index in [-0.39, 0.29) is 12.0 Å². The molecule has 1 aliphatic heterocycles.